The van der Waals surface area contributed by atoms with E-state index in [9.17, 15) is 41.6 Å². The summed E-state index contributed by atoms with van der Waals surface area (Å²) in [5, 5.41) is 66.1. The molecular weight excluding hydrogens is 3200 g/mol. The van der Waals surface area contributed by atoms with Gasteiger partial charge in [0.25, 0.3) is 5.91 Å². The number of anilines is 1. The van der Waals surface area contributed by atoms with Gasteiger partial charge in [0, 0.05) is 364 Å². The minimum Gasteiger partial charge on any atom is -0.639 e. The molecule has 10 aliphatic heterocycles. The Hall–Kier alpha value is 5.97. The molecule has 0 atom stereocenters. The van der Waals surface area contributed by atoms with E-state index in [0.29, 0.717) is 105 Å². The molecule has 48 heteroatoms. The second-order valence-corrected chi connectivity index (χ2v) is 38.6. The summed E-state index contributed by atoms with van der Waals surface area (Å²) in [6.45, 7) is 23.8. The van der Waals surface area contributed by atoms with E-state index in [-0.39, 0.29) is 397 Å². The maximum Gasteiger partial charge on any atom is 1.00 e. The molecular formula is C86H130Ac6B6Br2ClF2N9Na2O19S. The van der Waals surface area contributed by atoms with Crippen LogP contribution in [0.5, 0.6) is 0 Å². The van der Waals surface area contributed by atoms with E-state index in [1.54, 1.807) is 60.5 Å². The van der Waals surface area contributed by atoms with Crippen LogP contribution in [0.1, 0.15) is 155 Å². The van der Waals surface area contributed by atoms with Crippen molar-refractivity contribution in [1.82, 2.24) is 38.8 Å². The van der Waals surface area contributed by atoms with Crippen molar-refractivity contribution in [1.29, 1.82) is 0 Å². The fourth-order valence-electron chi connectivity index (χ4n) is 20.2. The number of piperidine rings is 8. The smallest absolute Gasteiger partial charge is 0.639 e. The number of amides is 1. The number of carbonyl (C=O) groups excluding carboxylic acids is 3. The number of ether oxygens (including phenoxy) is 4. The molecule has 5 aromatic rings. The van der Waals surface area contributed by atoms with Crippen LogP contribution >= 0.6 is 43.5 Å². The zero-order chi connectivity index (χ0) is 89.3. The van der Waals surface area contributed by atoms with Gasteiger partial charge in [-0.15, -0.1) is 0 Å². The van der Waals surface area contributed by atoms with E-state index in [4.69, 9.17) is 66.4 Å². The van der Waals surface area contributed by atoms with Gasteiger partial charge >= 0.3 is 87.3 Å². The predicted molar refractivity (Wildman–Crippen MR) is 495 cm³/mol. The topological polar surface area (TPSA) is 399 Å². The van der Waals surface area contributed by atoms with Crippen LogP contribution in [-0.4, -0.2) is 309 Å². The summed E-state index contributed by atoms with van der Waals surface area (Å²) in [7, 11) is -5.13. The van der Waals surface area contributed by atoms with Gasteiger partial charge in [-0.1, -0.05) is 98.8 Å². The van der Waals surface area contributed by atoms with Crippen LogP contribution in [0, 0.1) is 294 Å². The van der Waals surface area contributed by atoms with Gasteiger partial charge in [-0.05, 0) is 302 Å². The number of ketones is 2. The van der Waals surface area contributed by atoms with E-state index >= 15 is 0 Å². The number of rotatable bonds is 16. The van der Waals surface area contributed by atoms with E-state index in [2.05, 4.69) is 105 Å². The van der Waals surface area contributed by atoms with Crippen LogP contribution in [0.2, 0.25) is 32.3 Å². The van der Waals surface area contributed by atoms with Crippen molar-refractivity contribution in [3.05, 3.63) is 157 Å². The van der Waals surface area contributed by atoms with Gasteiger partial charge in [-0.3, -0.25) is 14.4 Å². The third-order valence-corrected chi connectivity index (χ3v) is 30.2. The van der Waals surface area contributed by atoms with E-state index < -0.39 is 53.1 Å². The van der Waals surface area contributed by atoms with Gasteiger partial charge in [-0.25, -0.2) is 17.2 Å². The summed E-state index contributed by atoms with van der Waals surface area (Å²) < 4.78 is 81.3. The monoisotopic (exact) mass is 3330 g/mol. The van der Waals surface area contributed by atoms with Gasteiger partial charge in [0.15, 0.2) is 11.6 Å². The second-order valence-electron chi connectivity index (χ2n) is 34.3. The van der Waals surface area contributed by atoms with Crippen LogP contribution in [0.25, 0.3) is 0 Å². The van der Waals surface area contributed by atoms with Crippen LogP contribution < -0.4 is 64.8 Å². The normalized spacial score (nSPS) is 20.4. The van der Waals surface area contributed by atoms with Crippen molar-refractivity contribution < 1.29 is 425 Å². The summed E-state index contributed by atoms with van der Waals surface area (Å²) >= 11 is 13.2. The molecule has 11 aliphatic rings. The van der Waals surface area contributed by atoms with Crippen molar-refractivity contribution in [3.8, 4) is 0 Å². The Morgan fingerprint density at radius 1 is 0.455 bits per heavy atom. The van der Waals surface area contributed by atoms with E-state index in [1.807, 2.05) is 23.3 Å². The maximum absolute atomic E-state index is 13.9. The average molecular weight is 3330 g/mol. The number of nitrogens with two attached hydrogens (primary N) is 1. The molecule has 0 aromatic heterocycles. The van der Waals surface area contributed by atoms with Crippen molar-refractivity contribution in [2.75, 3.05) is 137 Å². The number of nitrogens with zero attached hydrogens (tertiary/aromatic N) is 8. The molecule has 0 spiro atoms. The molecule has 134 heavy (non-hydrogen) atoms. The minimum absolute atomic E-state index is 0. The number of nitrogen functional groups attached to an aromatic ring is 1. The molecule has 28 nitrogen and oxygen atoms in total. The molecule has 10 heterocycles. The Labute approximate surface area is 1080 Å². The molecule has 10 radical (unpaired) electrons. The zero-order valence-corrected chi connectivity index (χ0v) is 116. The quantitative estimate of drug-likeness (QED) is 0.0501. The summed E-state index contributed by atoms with van der Waals surface area (Å²) in [4.78, 5) is 52.4. The first-order chi connectivity index (χ1) is 59.5. The fourth-order valence-corrected chi connectivity index (χ4v) is 22.3. The first-order valence-electron chi connectivity index (χ1n) is 44.4. The molecule has 712 valence electrons. The number of halogens is 5. The number of hydrogen-bond acceptors (Lipinski definition) is 25. The molecule has 14 N–H and O–H groups in total. The molecule has 10 saturated heterocycles. The Bertz CT molecular complexity index is 4110. The first-order valence-corrected chi connectivity index (χ1v) is 47.8. The summed E-state index contributed by atoms with van der Waals surface area (Å²) in [6.07, 6.45) is 20.7. The van der Waals surface area contributed by atoms with E-state index in [1.165, 1.54) is 81.1 Å². The van der Waals surface area contributed by atoms with Gasteiger partial charge in [0.1, 0.15) is 23.2 Å². The molecule has 5 aromatic carbocycles. The average Bonchev–Trinajstić information content (AvgIpc) is 1.49. The Morgan fingerprint density at radius 3 is 1.10 bits per heavy atom. The Kier molecular flexibility index (Phi) is 74.2. The van der Waals surface area contributed by atoms with Crippen molar-refractivity contribution >= 4 is 120 Å². The SMILES string of the molecule is CB(O)N1CCC(=O)CC1.CB(O)N1CCC(=O)CC1.CB(O)N1CCC(N2CCC(C3(c4ccc(Br)cc4)CCCC3)CC2)CC1.CB(O)N1CCC(N2CCC(C3(c4ccc(Br)cc4)OCCO3)CC2)CC1.Nc1c(F)cc(F)cc1C(=O)N1CCC(N2CCC(C3(c4ccc(S(=O)(=O)c5cccc(Cl)c5)cc4)OCCO3)CC2)CC1.O.O.O[B-]O.O[B-]O.[Ac].[Ac].[Ac].[Ac].[Ac].[Ac].[Na+].[Na+]. The predicted octanol–water partition coefficient (Wildman–Crippen LogP) is 1.62. The third-order valence-electron chi connectivity index (χ3n) is 27.2. The van der Waals surface area contributed by atoms with Crippen LogP contribution in [0.4, 0.5) is 14.5 Å². The molecule has 1 amide bonds. The number of hydrogen-bond donors (Lipinski definition) is 9. The second kappa shape index (κ2) is 71.0. The number of carbonyl (C=O) groups is 3. The standard InChI is InChI=1S/C32H34ClF2N3O5S.C22H34BBrN2O.C20H30BBrN2O3.2C6H12BNO2.6Ac.2BH2O2.2Na.2H2O/c33-23-2-1-3-27(18-23)44(40,41)26-6-4-21(5-7-26)32(42-16-17-43-32)22-8-12-37(13-9-22)25-10-14-38(15-11-25)31(39)28-19-24(34)20-29(35)30(28)36;1-23(27)26-16-10-21(11-17-26)25-14-8-19(9-15-25)22(12-2-3-13-22)18-4-6-20(24)7-5-18;1-21(25)24-12-8-19(9-13-24)23-10-6-17(7-11-23)20(26-14-15-27-20)16-2-4-18(22)5-3-16;2*1-7(10)8-4-2-6(9)3-5-8;;;;;;;2*2-1-3;;;;/h1-7,18-20,22,25H,8-17,36H2;4-7,19,21,27H,2-3,8-17H2,1H3;2-5,17,19,25H,6-15H2,1H3;2*10H,2-5H2,1H3;;;;;;;2*2-3H;;;2*1H2/q;;;;;;;;;;;2*-1;2*+1;;. The fraction of sp³-hybridized carbons (Fsp3) is 0.616. The van der Waals surface area contributed by atoms with Crippen LogP contribution in [0.15, 0.2) is 128 Å². The summed E-state index contributed by atoms with van der Waals surface area (Å²) in [5.41, 5.74) is 9.21. The first kappa shape index (κ1) is 140. The molecule has 16 rings (SSSR count). The molecule has 1 saturated carbocycles. The summed E-state index contributed by atoms with van der Waals surface area (Å²) in [5.74, 6) is -1.78. The minimum atomic E-state index is -3.73. The zero-order valence-electron chi connectivity index (χ0n) is 78.8. The molecule has 11 fully saturated rings. The van der Waals surface area contributed by atoms with Crippen molar-refractivity contribution in [3.63, 3.8) is 0 Å². The maximum atomic E-state index is 13.9. The van der Waals surface area contributed by atoms with Crippen LogP contribution in [-0.2, 0) is 55.4 Å². The number of benzene rings is 5. The van der Waals surface area contributed by atoms with Gasteiger partial charge in [0.05, 0.1) is 47.5 Å². The third kappa shape index (κ3) is 40.4. The largest absolute Gasteiger partial charge is 1.00 e. The van der Waals surface area contributed by atoms with Crippen molar-refractivity contribution in [2.24, 2.45) is 17.8 Å². The molecule has 0 bridgehead atoms. The number of Topliss-reactive ketones (excluding diaryl/α,β-unsaturated/α-hetero) is 2. The van der Waals surface area contributed by atoms with Crippen LogP contribution in [0.3, 0.4) is 0 Å². The van der Waals surface area contributed by atoms with Gasteiger partial charge in [0.2, 0.25) is 9.84 Å². The van der Waals surface area contributed by atoms with Gasteiger partial charge < -0.3 is 115 Å². The van der Waals surface area contributed by atoms with Gasteiger partial charge in [-0.2, -0.15) is 0 Å². The molecule has 0 unspecified atom stereocenters. The van der Waals surface area contributed by atoms with E-state index in [0.717, 1.165) is 164 Å². The summed E-state index contributed by atoms with van der Waals surface area (Å²) in [6, 6.07) is 33.9. The van der Waals surface area contributed by atoms with Crippen molar-refractivity contribution in [2.45, 2.75) is 201 Å². The Morgan fingerprint density at radius 2 is 0.769 bits per heavy atom. The number of sulfone groups is 1. The Balaban J connectivity index is 0.00000173. The molecule has 1 aliphatic carbocycles. The number of likely N-dealkylation sites (tertiary alicyclic amines) is 4.